The number of carbonyl (C=O) groups excluding carboxylic acids is 1. The first-order chi connectivity index (χ1) is 13.6. The van der Waals surface area contributed by atoms with E-state index in [0.717, 1.165) is 22.4 Å². The largest absolute Gasteiger partial charge is 0.497 e. The van der Waals surface area contributed by atoms with Gasteiger partial charge in [-0.15, -0.1) is 0 Å². The van der Waals surface area contributed by atoms with E-state index < -0.39 is 0 Å². The van der Waals surface area contributed by atoms with Crippen LogP contribution in [0.1, 0.15) is 13.3 Å². The molecule has 9 nitrogen and oxygen atoms in total. The molecule has 0 saturated carbocycles. The summed E-state index contributed by atoms with van der Waals surface area (Å²) < 4.78 is 12.9. The summed E-state index contributed by atoms with van der Waals surface area (Å²) in [5.41, 5.74) is 1.46. The van der Waals surface area contributed by atoms with Gasteiger partial charge < -0.3 is 14.8 Å². The average molecular weight is 385 g/mol. The summed E-state index contributed by atoms with van der Waals surface area (Å²) in [4.78, 5) is 24.7. The Morgan fingerprint density at radius 3 is 2.75 bits per heavy atom. The van der Waals surface area contributed by atoms with Gasteiger partial charge in [-0.1, -0.05) is 0 Å². The number of hydrogen-bond donors (Lipinski definition) is 1. The fraction of sp³-hybridized carbons (Fsp3) is 0.368. The monoisotopic (exact) mass is 385 g/mol. The van der Waals surface area contributed by atoms with Crippen molar-refractivity contribution >= 4 is 11.4 Å². The van der Waals surface area contributed by atoms with Gasteiger partial charge in [0.2, 0.25) is 5.91 Å². The van der Waals surface area contributed by atoms with Crippen LogP contribution < -0.4 is 15.6 Å². The van der Waals surface area contributed by atoms with E-state index in [1.807, 2.05) is 31.2 Å². The highest BCUT2D eigenvalue weighted by atomic mass is 16.5. The standard InChI is InChI=1S/C19H23N5O4/c1-3-28-10-4-9-20-18(25)12-23-19(26)17-11-16(22-24(17)13-21-23)14-5-7-15(27-2)8-6-14/h5-8,11,13H,3-4,9-10,12H2,1-2H3,(H,20,25). The van der Waals surface area contributed by atoms with Gasteiger partial charge in [-0.25, -0.2) is 9.20 Å². The molecule has 1 aromatic carbocycles. The number of carbonyl (C=O) groups is 1. The van der Waals surface area contributed by atoms with Gasteiger partial charge in [-0.3, -0.25) is 9.59 Å². The molecular weight excluding hydrogens is 362 g/mol. The molecule has 3 aromatic rings. The molecule has 0 saturated heterocycles. The molecule has 0 aliphatic heterocycles. The lowest BCUT2D eigenvalue weighted by atomic mass is 10.1. The van der Waals surface area contributed by atoms with Gasteiger partial charge in [0.1, 0.15) is 24.1 Å². The average Bonchev–Trinajstić information content (AvgIpc) is 3.15. The maximum absolute atomic E-state index is 12.6. The minimum atomic E-state index is -0.376. The zero-order valence-corrected chi connectivity index (χ0v) is 15.9. The van der Waals surface area contributed by atoms with Crippen molar-refractivity contribution in [3.8, 4) is 17.0 Å². The number of amides is 1. The van der Waals surface area contributed by atoms with Gasteiger partial charge in [0.15, 0.2) is 0 Å². The zero-order chi connectivity index (χ0) is 19.9. The van der Waals surface area contributed by atoms with E-state index in [1.54, 1.807) is 13.2 Å². The molecule has 0 unspecified atom stereocenters. The molecule has 3 rings (SSSR count). The van der Waals surface area contributed by atoms with E-state index in [0.29, 0.717) is 31.0 Å². The molecule has 2 heterocycles. The highest BCUT2D eigenvalue weighted by Gasteiger charge is 2.12. The minimum absolute atomic E-state index is 0.146. The highest BCUT2D eigenvalue weighted by Crippen LogP contribution is 2.21. The second kappa shape index (κ2) is 9.14. The van der Waals surface area contributed by atoms with Crippen LogP contribution in [0.5, 0.6) is 5.75 Å². The van der Waals surface area contributed by atoms with E-state index in [2.05, 4.69) is 15.5 Å². The Morgan fingerprint density at radius 2 is 2.04 bits per heavy atom. The Bertz CT molecular complexity index is 994. The van der Waals surface area contributed by atoms with Crippen LogP contribution in [0.4, 0.5) is 0 Å². The summed E-state index contributed by atoms with van der Waals surface area (Å²) in [7, 11) is 1.60. The Balaban J connectivity index is 1.72. The minimum Gasteiger partial charge on any atom is -0.497 e. The highest BCUT2D eigenvalue weighted by molar-refractivity contribution is 5.75. The van der Waals surface area contributed by atoms with E-state index >= 15 is 0 Å². The molecule has 1 amide bonds. The first-order valence-corrected chi connectivity index (χ1v) is 9.06. The smallest absolute Gasteiger partial charge is 0.293 e. The fourth-order valence-electron chi connectivity index (χ4n) is 2.69. The summed E-state index contributed by atoms with van der Waals surface area (Å²) in [5, 5.41) is 11.2. The number of methoxy groups -OCH3 is 1. The van der Waals surface area contributed by atoms with Crippen LogP contribution in [0.15, 0.2) is 41.5 Å². The molecule has 28 heavy (non-hydrogen) atoms. The molecule has 0 bridgehead atoms. The van der Waals surface area contributed by atoms with Crippen molar-refractivity contribution < 1.29 is 14.3 Å². The van der Waals surface area contributed by atoms with Crippen molar-refractivity contribution in [2.24, 2.45) is 0 Å². The van der Waals surface area contributed by atoms with Gasteiger partial charge in [0, 0.05) is 25.3 Å². The Morgan fingerprint density at radius 1 is 1.25 bits per heavy atom. The first-order valence-electron chi connectivity index (χ1n) is 9.06. The molecule has 1 N–H and O–H groups in total. The number of fused-ring (bicyclic) bond motifs is 1. The summed E-state index contributed by atoms with van der Waals surface area (Å²) in [6.07, 6.45) is 2.14. The molecule has 148 valence electrons. The predicted molar refractivity (Wildman–Crippen MR) is 103 cm³/mol. The second-order valence-corrected chi connectivity index (χ2v) is 6.08. The predicted octanol–water partition coefficient (Wildman–Crippen LogP) is 1.11. The van der Waals surface area contributed by atoms with E-state index in [4.69, 9.17) is 9.47 Å². The third-order valence-corrected chi connectivity index (χ3v) is 4.16. The van der Waals surface area contributed by atoms with Crippen LogP contribution in [0.25, 0.3) is 16.8 Å². The summed E-state index contributed by atoms with van der Waals surface area (Å²) in [6, 6.07) is 9.06. The molecule has 0 aliphatic carbocycles. The van der Waals surface area contributed by atoms with Crippen molar-refractivity contribution in [3.05, 3.63) is 47.0 Å². The lowest BCUT2D eigenvalue weighted by Gasteiger charge is -2.06. The number of aromatic nitrogens is 4. The number of ether oxygens (including phenoxy) is 2. The van der Waals surface area contributed by atoms with Crippen LogP contribution >= 0.6 is 0 Å². The van der Waals surface area contributed by atoms with E-state index in [9.17, 15) is 9.59 Å². The van der Waals surface area contributed by atoms with Gasteiger partial charge >= 0.3 is 0 Å². The number of hydrogen-bond acceptors (Lipinski definition) is 6. The zero-order valence-electron chi connectivity index (χ0n) is 15.9. The summed E-state index contributed by atoms with van der Waals surface area (Å²) in [6.45, 7) is 3.50. The maximum Gasteiger partial charge on any atom is 0.293 e. The number of nitrogens with zero attached hydrogens (tertiary/aromatic N) is 4. The normalized spacial score (nSPS) is 10.9. The molecule has 0 atom stereocenters. The molecule has 0 aliphatic rings. The number of benzene rings is 1. The van der Waals surface area contributed by atoms with Crippen LogP contribution in [0.3, 0.4) is 0 Å². The Kier molecular flexibility index (Phi) is 6.38. The second-order valence-electron chi connectivity index (χ2n) is 6.08. The molecule has 0 fully saturated rings. The molecule has 0 radical (unpaired) electrons. The van der Waals surface area contributed by atoms with Gasteiger partial charge in [0.25, 0.3) is 5.56 Å². The van der Waals surface area contributed by atoms with Crippen molar-refractivity contribution in [1.82, 2.24) is 24.7 Å². The molecule has 2 aromatic heterocycles. The Hall–Kier alpha value is -3.20. The van der Waals surface area contributed by atoms with Gasteiger partial charge in [-0.2, -0.15) is 10.2 Å². The Labute approximate surface area is 161 Å². The van der Waals surface area contributed by atoms with Crippen LogP contribution in [-0.4, -0.2) is 52.2 Å². The first kappa shape index (κ1) is 19.6. The van der Waals surface area contributed by atoms with Crippen molar-refractivity contribution in [1.29, 1.82) is 0 Å². The lowest BCUT2D eigenvalue weighted by Crippen LogP contribution is -2.34. The third kappa shape index (κ3) is 4.55. The fourth-order valence-corrected chi connectivity index (χ4v) is 2.69. The summed E-state index contributed by atoms with van der Waals surface area (Å²) in [5.74, 6) is 0.467. The van der Waals surface area contributed by atoms with Crippen LogP contribution in [0, 0.1) is 0 Å². The topological polar surface area (TPSA) is 99.8 Å². The van der Waals surface area contributed by atoms with Gasteiger partial charge in [0.05, 0.1) is 12.8 Å². The molecular formula is C19H23N5O4. The van der Waals surface area contributed by atoms with Crippen LogP contribution in [0.2, 0.25) is 0 Å². The molecule has 0 spiro atoms. The van der Waals surface area contributed by atoms with E-state index in [-0.39, 0.29) is 18.0 Å². The van der Waals surface area contributed by atoms with Crippen molar-refractivity contribution in [2.75, 3.05) is 26.9 Å². The van der Waals surface area contributed by atoms with Crippen molar-refractivity contribution in [3.63, 3.8) is 0 Å². The SMILES string of the molecule is CCOCCCNC(=O)Cn1ncn2nc(-c3ccc(OC)cc3)cc2c1=O. The maximum atomic E-state index is 12.6. The molecule has 9 heteroatoms. The van der Waals surface area contributed by atoms with Crippen LogP contribution in [-0.2, 0) is 16.1 Å². The summed E-state index contributed by atoms with van der Waals surface area (Å²) >= 11 is 0. The van der Waals surface area contributed by atoms with Gasteiger partial charge in [-0.05, 0) is 43.7 Å². The number of nitrogens with one attached hydrogen (secondary N) is 1. The quantitative estimate of drug-likeness (QED) is 0.554. The number of rotatable bonds is 9. The van der Waals surface area contributed by atoms with E-state index in [1.165, 1.54) is 10.8 Å². The third-order valence-electron chi connectivity index (χ3n) is 4.16. The van der Waals surface area contributed by atoms with Crippen molar-refractivity contribution in [2.45, 2.75) is 19.9 Å². The lowest BCUT2D eigenvalue weighted by molar-refractivity contribution is -0.121.